The van der Waals surface area contributed by atoms with E-state index in [1.165, 1.54) is 77.0 Å². The van der Waals surface area contributed by atoms with Gasteiger partial charge in [0.2, 0.25) is 5.91 Å². The number of amides is 1. The molecule has 0 aromatic heterocycles. The molecule has 1 unspecified atom stereocenters. The van der Waals surface area contributed by atoms with E-state index in [0.29, 0.717) is 5.91 Å². The van der Waals surface area contributed by atoms with Gasteiger partial charge in [-0.25, -0.2) is 0 Å². The molecule has 1 atom stereocenters. The van der Waals surface area contributed by atoms with Crippen LogP contribution in [-0.2, 0) is 4.79 Å². The van der Waals surface area contributed by atoms with E-state index in [1.807, 2.05) is 0 Å². The third kappa shape index (κ3) is 9.92. The molecule has 21 heavy (non-hydrogen) atoms. The maximum Gasteiger partial charge on any atom is 0.223 e. The van der Waals surface area contributed by atoms with Crippen LogP contribution in [0.4, 0.5) is 0 Å². The van der Waals surface area contributed by atoms with Gasteiger partial charge in [-0.05, 0) is 19.3 Å². The first kappa shape index (κ1) is 18.5. The number of carbonyl (C=O) groups excluding carboxylic acids is 1. The van der Waals surface area contributed by atoms with E-state index in [0.717, 1.165) is 25.8 Å². The van der Waals surface area contributed by atoms with E-state index in [1.54, 1.807) is 0 Å². The zero-order valence-electron chi connectivity index (χ0n) is 14.3. The van der Waals surface area contributed by atoms with Gasteiger partial charge in [-0.15, -0.1) is 0 Å². The first-order chi connectivity index (χ1) is 10.3. The second-order valence-electron chi connectivity index (χ2n) is 6.81. The number of hydrogen-bond donors (Lipinski definition) is 1. The molecule has 1 N–H and O–H groups in total. The predicted molar refractivity (Wildman–Crippen MR) is 91.4 cm³/mol. The van der Waals surface area contributed by atoms with Crippen molar-refractivity contribution in [2.24, 2.45) is 5.92 Å². The number of hydrogen-bond acceptors (Lipinski definition) is 1. The molecule has 1 amide bonds. The van der Waals surface area contributed by atoms with Crippen molar-refractivity contribution in [1.82, 2.24) is 5.32 Å². The SMILES string of the molecule is CCCCCCCC1CCCCCCCCCCNC1=O. The van der Waals surface area contributed by atoms with Crippen LogP contribution < -0.4 is 5.32 Å². The molecular formula is C19H37NO. The second kappa shape index (κ2) is 13.2. The quantitative estimate of drug-likeness (QED) is 0.634. The molecule has 0 aromatic rings. The fourth-order valence-corrected chi connectivity index (χ4v) is 3.33. The highest BCUT2D eigenvalue weighted by Gasteiger charge is 2.17. The van der Waals surface area contributed by atoms with Crippen LogP contribution in [0.1, 0.15) is 103 Å². The van der Waals surface area contributed by atoms with Crippen molar-refractivity contribution < 1.29 is 4.79 Å². The molecule has 0 spiro atoms. The summed E-state index contributed by atoms with van der Waals surface area (Å²) in [7, 11) is 0. The van der Waals surface area contributed by atoms with Crippen molar-refractivity contribution >= 4 is 5.91 Å². The molecule has 1 fully saturated rings. The summed E-state index contributed by atoms with van der Waals surface area (Å²) >= 11 is 0. The highest BCUT2D eigenvalue weighted by atomic mass is 16.1. The van der Waals surface area contributed by atoms with Crippen molar-refractivity contribution in [3.05, 3.63) is 0 Å². The van der Waals surface area contributed by atoms with Crippen LogP contribution in [0.2, 0.25) is 0 Å². The normalized spacial score (nSPS) is 22.7. The number of unbranched alkanes of at least 4 members (excludes halogenated alkanes) is 4. The molecule has 1 aliphatic heterocycles. The van der Waals surface area contributed by atoms with Crippen LogP contribution in [-0.4, -0.2) is 12.5 Å². The average molecular weight is 296 g/mol. The largest absolute Gasteiger partial charge is 0.356 e. The van der Waals surface area contributed by atoms with Gasteiger partial charge in [-0.2, -0.15) is 0 Å². The Labute approximate surface area is 132 Å². The van der Waals surface area contributed by atoms with E-state index in [2.05, 4.69) is 12.2 Å². The van der Waals surface area contributed by atoms with E-state index >= 15 is 0 Å². The molecule has 1 aliphatic rings. The Hall–Kier alpha value is -0.530. The first-order valence-electron chi connectivity index (χ1n) is 9.62. The fourth-order valence-electron chi connectivity index (χ4n) is 3.33. The lowest BCUT2D eigenvalue weighted by atomic mass is 9.93. The van der Waals surface area contributed by atoms with Crippen LogP contribution in [0, 0.1) is 5.92 Å². The van der Waals surface area contributed by atoms with Gasteiger partial charge in [0, 0.05) is 12.5 Å². The Morgan fingerprint density at radius 2 is 1.48 bits per heavy atom. The highest BCUT2D eigenvalue weighted by Crippen LogP contribution is 2.20. The predicted octanol–water partition coefficient (Wildman–Crippen LogP) is 5.60. The number of carbonyl (C=O) groups is 1. The van der Waals surface area contributed by atoms with Gasteiger partial charge in [0.25, 0.3) is 0 Å². The van der Waals surface area contributed by atoms with Crippen molar-refractivity contribution in [3.8, 4) is 0 Å². The molecule has 0 bridgehead atoms. The van der Waals surface area contributed by atoms with E-state index in [-0.39, 0.29) is 5.92 Å². The lowest BCUT2D eigenvalue weighted by molar-refractivity contribution is -0.125. The first-order valence-corrected chi connectivity index (χ1v) is 9.62. The van der Waals surface area contributed by atoms with Gasteiger partial charge in [-0.1, -0.05) is 84.0 Å². The Bertz CT molecular complexity index is 252. The summed E-state index contributed by atoms with van der Waals surface area (Å²) in [5, 5.41) is 3.18. The molecule has 1 heterocycles. The van der Waals surface area contributed by atoms with Gasteiger partial charge in [-0.3, -0.25) is 4.79 Å². The molecule has 2 nitrogen and oxygen atoms in total. The molecule has 0 radical (unpaired) electrons. The molecule has 2 heteroatoms. The van der Waals surface area contributed by atoms with Gasteiger partial charge < -0.3 is 5.32 Å². The Kier molecular flexibility index (Phi) is 11.6. The van der Waals surface area contributed by atoms with Crippen molar-refractivity contribution in [1.29, 1.82) is 0 Å². The summed E-state index contributed by atoms with van der Waals surface area (Å²) in [5.74, 6) is 0.622. The molecule has 1 rings (SSSR count). The lowest BCUT2D eigenvalue weighted by Gasteiger charge is -2.16. The number of rotatable bonds is 6. The van der Waals surface area contributed by atoms with E-state index in [4.69, 9.17) is 0 Å². The lowest BCUT2D eigenvalue weighted by Crippen LogP contribution is -2.31. The summed E-state index contributed by atoms with van der Waals surface area (Å²) in [6, 6.07) is 0. The van der Waals surface area contributed by atoms with Crippen molar-refractivity contribution in [2.45, 2.75) is 103 Å². The summed E-state index contributed by atoms with van der Waals surface area (Å²) in [4.78, 5) is 12.3. The monoisotopic (exact) mass is 295 g/mol. The van der Waals surface area contributed by atoms with Crippen LogP contribution in [0.15, 0.2) is 0 Å². The van der Waals surface area contributed by atoms with Gasteiger partial charge in [0.1, 0.15) is 0 Å². The van der Waals surface area contributed by atoms with Crippen molar-refractivity contribution in [3.63, 3.8) is 0 Å². The summed E-state index contributed by atoms with van der Waals surface area (Å²) in [5.41, 5.74) is 0. The molecule has 0 aliphatic carbocycles. The topological polar surface area (TPSA) is 29.1 Å². The smallest absolute Gasteiger partial charge is 0.223 e. The molecule has 124 valence electrons. The van der Waals surface area contributed by atoms with Gasteiger partial charge in [0.15, 0.2) is 0 Å². The van der Waals surface area contributed by atoms with E-state index < -0.39 is 0 Å². The average Bonchev–Trinajstić information content (AvgIpc) is 2.51. The minimum Gasteiger partial charge on any atom is -0.356 e. The maximum atomic E-state index is 12.3. The van der Waals surface area contributed by atoms with Crippen LogP contribution in [0.3, 0.4) is 0 Å². The maximum absolute atomic E-state index is 12.3. The Morgan fingerprint density at radius 1 is 0.857 bits per heavy atom. The van der Waals surface area contributed by atoms with Crippen LogP contribution in [0.5, 0.6) is 0 Å². The van der Waals surface area contributed by atoms with Gasteiger partial charge in [0.05, 0.1) is 0 Å². The minimum absolute atomic E-state index is 0.285. The molecule has 0 saturated carbocycles. The highest BCUT2D eigenvalue weighted by molar-refractivity contribution is 5.78. The van der Waals surface area contributed by atoms with Gasteiger partial charge >= 0.3 is 0 Å². The third-order valence-corrected chi connectivity index (χ3v) is 4.81. The fraction of sp³-hybridized carbons (Fsp3) is 0.947. The second-order valence-corrected chi connectivity index (χ2v) is 6.81. The molecule has 0 aromatic carbocycles. The minimum atomic E-state index is 0.285. The summed E-state index contributed by atoms with van der Waals surface area (Å²) < 4.78 is 0. The zero-order valence-corrected chi connectivity index (χ0v) is 14.3. The summed E-state index contributed by atoms with van der Waals surface area (Å²) in [6.45, 7) is 3.15. The van der Waals surface area contributed by atoms with Crippen molar-refractivity contribution in [2.75, 3.05) is 6.54 Å². The molecule has 1 saturated heterocycles. The standard InChI is InChI=1S/C19H37NO/c1-2-3-4-9-12-15-18-16-13-10-7-5-6-8-11-14-17-20-19(18)21/h18H,2-17H2,1H3,(H,20,21). The third-order valence-electron chi connectivity index (χ3n) is 4.81. The van der Waals surface area contributed by atoms with Crippen LogP contribution in [0.25, 0.3) is 0 Å². The molecular weight excluding hydrogens is 258 g/mol. The summed E-state index contributed by atoms with van der Waals surface area (Å²) in [6.07, 6.45) is 19.2. The zero-order chi connectivity index (χ0) is 15.2. The number of nitrogens with one attached hydrogen (secondary N) is 1. The van der Waals surface area contributed by atoms with Crippen LogP contribution >= 0.6 is 0 Å². The van der Waals surface area contributed by atoms with E-state index in [9.17, 15) is 4.79 Å². The Morgan fingerprint density at radius 3 is 2.19 bits per heavy atom. The Balaban J connectivity index is 2.29.